The number of fused-ring (bicyclic) bond motifs is 1. The number of imide groups is 1. The fourth-order valence-electron chi connectivity index (χ4n) is 3.73. The van der Waals surface area contributed by atoms with E-state index in [-0.39, 0.29) is 12.5 Å². The predicted octanol–water partition coefficient (Wildman–Crippen LogP) is 1.33. The maximum absolute atomic E-state index is 13.2. The number of rotatable bonds is 4. The summed E-state index contributed by atoms with van der Waals surface area (Å²) < 4.78 is 0. The molecule has 2 aromatic carbocycles. The van der Waals surface area contributed by atoms with Crippen molar-refractivity contribution in [1.82, 2.24) is 5.06 Å². The van der Waals surface area contributed by atoms with Crippen LogP contribution in [-0.4, -0.2) is 35.4 Å². The Morgan fingerprint density at radius 2 is 1.70 bits per heavy atom. The van der Waals surface area contributed by atoms with Crippen LogP contribution in [0.1, 0.15) is 17.2 Å². The second-order valence-electron chi connectivity index (χ2n) is 6.80. The summed E-state index contributed by atoms with van der Waals surface area (Å²) in [4.78, 5) is 44.4. The van der Waals surface area contributed by atoms with Gasteiger partial charge in [-0.15, -0.1) is 0 Å². The van der Waals surface area contributed by atoms with Crippen molar-refractivity contribution < 1.29 is 19.2 Å². The van der Waals surface area contributed by atoms with Crippen LogP contribution in [0, 0.1) is 12.8 Å². The second kappa shape index (κ2) is 6.61. The number of nitrogens with two attached hydrogens (primary N) is 1. The molecule has 2 aliphatic rings. The molecule has 0 aliphatic carbocycles. The predicted molar refractivity (Wildman–Crippen MR) is 97.1 cm³/mol. The zero-order valence-electron chi connectivity index (χ0n) is 14.7. The van der Waals surface area contributed by atoms with Crippen molar-refractivity contribution in [2.45, 2.75) is 19.1 Å². The second-order valence-corrected chi connectivity index (χ2v) is 6.80. The maximum atomic E-state index is 13.2. The van der Waals surface area contributed by atoms with Gasteiger partial charge in [-0.2, -0.15) is 5.06 Å². The largest absolute Gasteiger partial charge is 0.368 e. The van der Waals surface area contributed by atoms with E-state index in [2.05, 4.69) is 0 Å². The van der Waals surface area contributed by atoms with Gasteiger partial charge in [0.15, 0.2) is 6.10 Å². The molecule has 7 nitrogen and oxygen atoms in total. The minimum atomic E-state index is -0.969. The van der Waals surface area contributed by atoms with Gasteiger partial charge in [0.05, 0.1) is 17.6 Å². The third-order valence-corrected chi connectivity index (χ3v) is 4.94. The summed E-state index contributed by atoms with van der Waals surface area (Å²) in [7, 11) is 0. The van der Waals surface area contributed by atoms with Crippen LogP contribution in [0.4, 0.5) is 5.69 Å². The van der Waals surface area contributed by atoms with Gasteiger partial charge in [0.2, 0.25) is 11.8 Å². The number of para-hydroxylation sites is 1. The van der Waals surface area contributed by atoms with E-state index < -0.39 is 29.9 Å². The summed E-state index contributed by atoms with van der Waals surface area (Å²) in [5.74, 6) is -2.10. The Bertz CT molecular complexity index is 897. The molecule has 0 bridgehead atoms. The van der Waals surface area contributed by atoms with Crippen molar-refractivity contribution in [2.75, 3.05) is 11.4 Å². The van der Waals surface area contributed by atoms with Gasteiger partial charge in [-0.1, -0.05) is 48.0 Å². The number of aryl methyl sites for hydroxylation is 1. The highest BCUT2D eigenvalue weighted by atomic mass is 16.7. The Kier molecular flexibility index (Phi) is 4.25. The molecule has 2 aromatic rings. The SMILES string of the molecule is Cc1ccc(C2C3C(=O)N(c4ccccc4)C(=O)C3ON2CC(N)=O)cc1. The van der Waals surface area contributed by atoms with Crippen molar-refractivity contribution in [3.8, 4) is 0 Å². The molecule has 2 saturated heterocycles. The van der Waals surface area contributed by atoms with E-state index in [1.807, 2.05) is 37.3 Å². The summed E-state index contributed by atoms with van der Waals surface area (Å²) in [5.41, 5.74) is 7.70. The van der Waals surface area contributed by atoms with Gasteiger partial charge in [0, 0.05) is 0 Å². The number of carbonyl (C=O) groups is 3. The Labute approximate surface area is 156 Å². The number of amides is 3. The first kappa shape index (κ1) is 17.4. The third kappa shape index (κ3) is 2.90. The molecule has 3 amide bonds. The molecule has 2 aliphatic heterocycles. The number of primary amides is 1. The van der Waals surface area contributed by atoms with Crippen LogP contribution in [0.2, 0.25) is 0 Å². The molecular weight excluding hydrogens is 346 g/mol. The van der Waals surface area contributed by atoms with Crippen LogP contribution < -0.4 is 10.6 Å². The highest BCUT2D eigenvalue weighted by Gasteiger charge is 2.60. The fourth-order valence-corrected chi connectivity index (χ4v) is 3.73. The van der Waals surface area contributed by atoms with Crippen LogP contribution in [0.15, 0.2) is 54.6 Å². The van der Waals surface area contributed by atoms with E-state index >= 15 is 0 Å². The zero-order chi connectivity index (χ0) is 19.1. The number of carbonyl (C=O) groups excluding carboxylic acids is 3. The lowest BCUT2D eigenvalue weighted by Gasteiger charge is -2.26. The monoisotopic (exact) mass is 365 g/mol. The van der Waals surface area contributed by atoms with Gasteiger partial charge in [-0.05, 0) is 24.6 Å². The zero-order valence-corrected chi connectivity index (χ0v) is 14.7. The van der Waals surface area contributed by atoms with Crippen molar-refractivity contribution in [3.63, 3.8) is 0 Å². The lowest BCUT2D eigenvalue weighted by atomic mass is 9.90. The highest BCUT2D eigenvalue weighted by molar-refractivity contribution is 6.23. The van der Waals surface area contributed by atoms with Crippen molar-refractivity contribution in [1.29, 1.82) is 0 Å². The lowest BCUT2D eigenvalue weighted by molar-refractivity contribution is -0.175. The molecule has 2 heterocycles. The normalized spacial score (nSPS) is 25.1. The molecule has 27 heavy (non-hydrogen) atoms. The number of hydrogen-bond acceptors (Lipinski definition) is 5. The van der Waals surface area contributed by atoms with Gasteiger partial charge in [0.25, 0.3) is 5.91 Å². The maximum Gasteiger partial charge on any atom is 0.265 e. The van der Waals surface area contributed by atoms with Crippen molar-refractivity contribution in [2.24, 2.45) is 11.7 Å². The van der Waals surface area contributed by atoms with Crippen molar-refractivity contribution in [3.05, 3.63) is 65.7 Å². The molecule has 7 heteroatoms. The van der Waals surface area contributed by atoms with Crippen LogP contribution in [-0.2, 0) is 19.2 Å². The van der Waals surface area contributed by atoms with Gasteiger partial charge in [0.1, 0.15) is 6.54 Å². The van der Waals surface area contributed by atoms with E-state index in [1.54, 1.807) is 24.3 Å². The van der Waals surface area contributed by atoms with Crippen molar-refractivity contribution >= 4 is 23.4 Å². The average molecular weight is 365 g/mol. The highest BCUT2D eigenvalue weighted by Crippen LogP contribution is 2.45. The summed E-state index contributed by atoms with van der Waals surface area (Å²) in [5, 5.41) is 1.36. The minimum absolute atomic E-state index is 0.197. The Morgan fingerprint density at radius 1 is 1.04 bits per heavy atom. The molecule has 2 N–H and O–H groups in total. The average Bonchev–Trinajstić information content (AvgIpc) is 3.12. The summed E-state index contributed by atoms with van der Waals surface area (Å²) in [6.45, 7) is 1.76. The molecule has 0 aromatic heterocycles. The van der Waals surface area contributed by atoms with Crippen LogP contribution in [0.25, 0.3) is 0 Å². The smallest absolute Gasteiger partial charge is 0.265 e. The summed E-state index contributed by atoms with van der Waals surface area (Å²) in [6.07, 6.45) is -0.969. The van der Waals surface area contributed by atoms with Crippen LogP contribution >= 0.6 is 0 Å². The molecule has 0 radical (unpaired) electrons. The number of hydroxylamine groups is 2. The topological polar surface area (TPSA) is 92.9 Å². The van der Waals surface area contributed by atoms with E-state index in [0.29, 0.717) is 5.69 Å². The third-order valence-electron chi connectivity index (χ3n) is 4.94. The number of anilines is 1. The number of nitrogens with zero attached hydrogens (tertiary/aromatic N) is 2. The number of hydrogen-bond donors (Lipinski definition) is 1. The molecule has 4 rings (SSSR count). The van der Waals surface area contributed by atoms with Gasteiger partial charge in [-0.3, -0.25) is 19.2 Å². The van der Waals surface area contributed by atoms with Crippen LogP contribution in [0.5, 0.6) is 0 Å². The van der Waals surface area contributed by atoms with E-state index in [9.17, 15) is 14.4 Å². The molecule has 2 fully saturated rings. The molecule has 3 unspecified atom stereocenters. The minimum Gasteiger partial charge on any atom is -0.368 e. The Hall–Kier alpha value is -3.03. The van der Waals surface area contributed by atoms with Crippen LogP contribution in [0.3, 0.4) is 0 Å². The quantitative estimate of drug-likeness (QED) is 0.825. The Balaban J connectivity index is 1.74. The first-order valence-corrected chi connectivity index (χ1v) is 8.68. The standard InChI is InChI=1S/C20H19N3O4/c1-12-7-9-13(10-8-12)17-16-18(27-22(17)11-15(21)24)20(26)23(19(16)25)14-5-3-2-4-6-14/h2-10,16-18H,11H2,1H3,(H2,21,24). The van der Waals surface area contributed by atoms with Gasteiger partial charge in [-0.25, -0.2) is 4.90 Å². The first-order valence-electron chi connectivity index (χ1n) is 8.68. The Morgan fingerprint density at radius 3 is 2.33 bits per heavy atom. The lowest BCUT2D eigenvalue weighted by Crippen LogP contribution is -2.40. The first-order chi connectivity index (χ1) is 13.0. The van der Waals surface area contributed by atoms with Gasteiger partial charge < -0.3 is 5.73 Å². The number of benzene rings is 2. The molecule has 0 saturated carbocycles. The van der Waals surface area contributed by atoms with E-state index in [0.717, 1.165) is 16.0 Å². The van der Waals surface area contributed by atoms with E-state index in [4.69, 9.17) is 10.6 Å². The molecule has 0 spiro atoms. The molecule has 3 atom stereocenters. The van der Waals surface area contributed by atoms with E-state index in [1.165, 1.54) is 5.06 Å². The summed E-state index contributed by atoms with van der Waals surface area (Å²) >= 11 is 0. The van der Waals surface area contributed by atoms with Gasteiger partial charge >= 0.3 is 0 Å². The molecular formula is C20H19N3O4. The fraction of sp³-hybridized carbons (Fsp3) is 0.250. The molecule has 138 valence electrons. The summed E-state index contributed by atoms with van der Waals surface area (Å²) in [6, 6.07) is 15.8.